The number of aromatic amines is 1. The molecule has 15 heavy (non-hydrogen) atoms. The molecule has 1 aromatic carbocycles. The van der Waals surface area contributed by atoms with Gasteiger partial charge in [0, 0.05) is 12.4 Å². The molecule has 1 N–H and O–H groups in total. The van der Waals surface area contributed by atoms with Gasteiger partial charge in [0.2, 0.25) is 0 Å². The Morgan fingerprint density at radius 2 is 2.00 bits per heavy atom. The van der Waals surface area contributed by atoms with Gasteiger partial charge in [-0.05, 0) is 19.1 Å². The molecular formula is C11H10N2O2. The van der Waals surface area contributed by atoms with Gasteiger partial charge in [-0.15, -0.1) is 0 Å². The molecule has 76 valence electrons. The van der Waals surface area contributed by atoms with Gasteiger partial charge in [-0.1, -0.05) is 17.7 Å². The maximum absolute atomic E-state index is 11.2. The number of hydrogen-bond donors (Lipinski definition) is 1. The Morgan fingerprint density at radius 3 is 2.67 bits per heavy atom. The van der Waals surface area contributed by atoms with Gasteiger partial charge >= 0.3 is 5.56 Å². The van der Waals surface area contributed by atoms with Crippen molar-refractivity contribution in [2.75, 3.05) is 0 Å². The van der Waals surface area contributed by atoms with Crippen molar-refractivity contribution in [1.29, 1.82) is 0 Å². The van der Waals surface area contributed by atoms with Crippen molar-refractivity contribution in [2.45, 2.75) is 6.92 Å². The maximum Gasteiger partial charge on any atom is 0.311 e. The highest BCUT2D eigenvalue weighted by atomic mass is 16.5. The number of aryl methyl sites for hydroxylation is 1. The monoisotopic (exact) mass is 202 g/mol. The van der Waals surface area contributed by atoms with Crippen LogP contribution in [0.15, 0.2) is 41.5 Å². The summed E-state index contributed by atoms with van der Waals surface area (Å²) >= 11 is 0. The lowest BCUT2D eigenvalue weighted by Gasteiger charge is -2.02. The van der Waals surface area contributed by atoms with Crippen molar-refractivity contribution in [2.24, 2.45) is 0 Å². The number of aromatic nitrogens is 2. The molecule has 4 heteroatoms. The summed E-state index contributed by atoms with van der Waals surface area (Å²) in [6, 6.07) is 7.41. The van der Waals surface area contributed by atoms with E-state index in [1.165, 1.54) is 12.4 Å². The summed E-state index contributed by atoms with van der Waals surface area (Å²) in [5.41, 5.74) is 0.801. The number of nitrogens with zero attached hydrogens (tertiary/aromatic N) is 1. The lowest BCUT2D eigenvalue weighted by atomic mass is 10.2. The van der Waals surface area contributed by atoms with E-state index in [0.29, 0.717) is 5.75 Å². The summed E-state index contributed by atoms with van der Waals surface area (Å²) < 4.78 is 5.31. The van der Waals surface area contributed by atoms with E-state index < -0.39 is 0 Å². The van der Waals surface area contributed by atoms with Crippen molar-refractivity contribution in [3.63, 3.8) is 0 Å². The third kappa shape index (κ3) is 2.22. The topological polar surface area (TPSA) is 55.0 Å². The highest BCUT2D eigenvalue weighted by Gasteiger charge is 2.01. The molecule has 0 spiro atoms. The van der Waals surface area contributed by atoms with Gasteiger partial charge in [0.1, 0.15) is 5.75 Å². The van der Waals surface area contributed by atoms with E-state index in [4.69, 9.17) is 4.74 Å². The average Bonchev–Trinajstić information content (AvgIpc) is 2.25. The van der Waals surface area contributed by atoms with Crippen LogP contribution in [0.2, 0.25) is 0 Å². The van der Waals surface area contributed by atoms with E-state index in [1.54, 1.807) is 12.1 Å². The largest absolute Gasteiger partial charge is 0.435 e. The van der Waals surface area contributed by atoms with Crippen LogP contribution in [-0.2, 0) is 0 Å². The fraction of sp³-hybridized carbons (Fsp3) is 0.0909. The fourth-order valence-corrected chi connectivity index (χ4v) is 1.13. The molecule has 0 aliphatic carbocycles. The maximum atomic E-state index is 11.2. The Kier molecular flexibility index (Phi) is 2.49. The first kappa shape index (κ1) is 9.45. The molecule has 4 nitrogen and oxygen atoms in total. The Hall–Kier alpha value is -2.10. The molecule has 1 heterocycles. The van der Waals surface area contributed by atoms with Crippen LogP contribution in [0.25, 0.3) is 0 Å². The van der Waals surface area contributed by atoms with E-state index >= 15 is 0 Å². The smallest absolute Gasteiger partial charge is 0.311 e. The second-order valence-electron chi connectivity index (χ2n) is 3.14. The van der Waals surface area contributed by atoms with Crippen LogP contribution in [0.5, 0.6) is 11.6 Å². The molecule has 2 rings (SSSR count). The first-order chi connectivity index (χ1) is 7.25. The fourth-order valence-electron chi connectivity index (χ4n) is 1.13. The van der Waals surface area contributed by atoms with Gasteiger partial charge in [0.25, 0.3) is 5.88 Å². The van der Waals surface area contributed by atoms with Crippen molar-refractivity contribution in [1.82, 2.24) is 9.97 Å². The molecule has 0 aliphatic rings. The SMILES string of the molecule is Cc1ccc(Oc2ncc[nH]c2=O)cc1. The first-order valence-corrected chi connectivity index (χ1v) is 4.54. The van der Waals surface area contributed by atoms with Crippen LogP contribution in [-0.4, -0.2) is 9.97 Å². The van der Waals surface area contributed by atoms with E-state index in [2.05, 4.69) is 9.97 Å². The van der Waals surface area contributed by atoms with Gasteiger partial charge in [0.05, 0.1) is 0 Å². The Labute approximate surface area is 86.6 Å². The molecule has 0 unspecified atom stereocenters. The zero-order chi connectivity index (χ0) is 10.7. The minimum atomic E-state index is -0.335. The van der Waals surface area contributed by atoms with Crippen molar-refractivity contribution < 1.29 is 4.74 Å². The summed E-state index contributed by atoms with van der Waals surface area (Å²) in [4.78, 5) is 17.6. The van der Waals surface area contributed by atoms with Gasteiger partial charge in [-0.2, -0.15) is 0 Å². The van der Waals surface area contributed by atoms with E-state index in [0.717, 1.165) is 5.56 Å². The molecule has 1 aromatic heterocycles. The first-order valence-electron chi connectivity index (χ1n) is 4.54. The second kappa shape index (κ2) is 3.96. The molecule has 0 saturated heterocycles. The molecule has 0 aliphatic heterocycles. The highest BCUT2D eigenvalue weighted by molar-refractivity contribution is 5.29. The standard InChI is InChI=1S/C11H10N2O2/c1-8-2-4-9(5-3-8)15-11-10(14)12-6-7-13-11/h2-7H,1H3,(H,12,14). The van der Waals surface area contributed by atoms with Crippen molar-refractivity contribution >= 4 is 0 Å². The van der Waals surface area contributed by atoms with Crippen LogP contribution >= 0.6 is 0 Å². The number of benzene rings is 1. The lowest BCUT2D eigenvalue weighted by molar-refractivity contribution is 0.454. The third-order valence-electron chi connectivity index (χ3n) is 1.91. The molecule has 0 radical (unpaired) electrons. The van der Waals surface area contributed by atoms with E-state index in [-0.39, 0.29) is 11.4 Å². The lowest BCUT2D eigenvalue weighted by Crippen LogP contribution is -2.09. The predicted octanol–water partition coefficient (Wildman–Crippen LogP) is 1.87. The van der Waals surface area contributed by atoms with Gasteiger partial charge < -0.3 is 9.72 Å². The van der Waals surface area contributed by atoms with Crippen LogP contribution in [0.1, 0.15) is 5.56 Å². The van der Waals surface area contributed by atoms with E-state index in [9.17, 15) is 4.79 Å². The quantitative estimate of drug-likeness (QED) is 0.808. The summed E-state index contributed by atoms with van der Waals surface area (Å²) in [6.45, 7) is 1.98. The molecule has 0 bridgehead atoms. The summed E-state index contributed by atoms with van der Waals surface area (Å²) in [5, 5.41) is 0. The van der Waals surface area contributed by atoms with Crippen LogP contribution in [0.3, 0.4) is 0 Å². The Balaban J connectivity index is 2.26. The van der Waals surface area contributed by atoms with Crippen molar-refractivity contribution in [3.05, 3.63) is 52.6 Å². The van der Waals surface area contributed by atoms with Crippen molar-refractivity contribution in [3.8, 4) is 11.6 Å². The molecule has 0 amide bonds. The van der Waals surface area contributed by atoms with E-state index in [1.807, 2.05) is 19.1 Å². The van der Waals surface area contributed by atoms with Gasteiger partial charge in [0.15, 0.2) is 0 Å². The zero-order valence-electron chi connectivity index (χ0n) is 8.23. The minimum Gasteiger partial charge on any atom is -0.435 e. The third-order valence-corrected chi connectivity index (χ3v) is 1.91. The number of hydrogen-bond acceptors (Lipinski definition) is 3. The molecular weight excluding hydrogens is 192 g/mol. The molecule has 0 saturated carbocycles. The number of nitrogens with one attached hydrogen (secondary N) is 1. The predicted molar refractivity (Wildman–Crippen MR) is 56.1 cm³/mol. The van der Waals surface area contributed by atoms with Crippen LogP contribution in [0, 0.1) is 6.92 Å². The van der Waals surface area contributed by atoms with Crippen LogP contribution < -0.4 is 10.3 Å². The van der Waals surface area contributed by atoms with Crippen LogP contribution in [0.4, 0.5) is 0 Å². The second-order valence-corrected chi connectivity index (χ2v) is 3.14. The number of rotatable bonds is 2. The molecule has 2 aromatic rings. The average molecular weight is 202 g/mol. The Bertz CT molecular complexity index is 502. The minimum absolute atomic E-state index is 0.0568. The number of ether oxygens (including phenoxy) is 1. The molecule has 0 fully saturated rings. The van der Waals surface area contributed by atoms with Gasteiger partial charge in [-0.25, -0.2) is 4.98 Å². The van der Waals surface area contributed by atoms with Gasteiger partial charge in [-0.3, -0.25) is 4.79 Å². The highest BCUT2D eigenvalue weighted by Crippen LogP contribution is 2.15. The summed E-state index contributed by atoms with van der Waals surface area (Å²) in [7, 11) is 0. The summed E-state index contributed by atoms with van der Waals surface area (Å²) in [5.74, 6) is 0.658. The molecule has 0 atom stereocenters. The Morgan fingerprint density at radius 1 is 1.27 bits per heavy atom. The number of H-pyrrole nitrogens is 1. The summed E-state index contributed by atoms with van der Waals surface area (Å²) in [6.07, 6.45) is 2.94. The normalized spacial score (nSPS) is 9.93. The zero-order valence-corrected chi connectivity index (χ0v) is 8.23.